The summed E-state index contributed by atoms with van der Waals surface area (Å²) in [6, 6.07) is 13.4. The molecule has 2 rings (SSSR count). The molecule has 142 valence electrons. The number of hydrogen-bond donors (Lipinski definition) is 1. The van der Waals surface area contributed by atoms with Gasteiger partial charge in [0.2, 0.25) is 0 Å². The van der Waals surface area contributed by atoms with Crippen molar-refractivity contribution in [3.63, 3.8) is 0 Å². The van der Waals surface area contributed by atoms with Crippen molar-refractivity contribution in [3.8, 4) is 5.75 Å². The lowest BCUT2D eigenvalue weighted by Gasteiger charge is -2.13. The molecule has 0 atom stereocenters. The largest absolute Gasteiger partial charge is 0.489 e. The summed E-state index contributed by atoms with van der Waals surface area (Å²) in [7, 11) is 0. The first-order valence-electron chi connectivity index (χ1n) is 9.13. The van der Waals surface area contributed by atoms with Gasteiger partial charge in [-0.25, -0.2) is 0 Å². The van der Waals surface area contributed by atoms with E-state index in [1.165, 1.54) is 6.42 Å². The molecule has 0 spiro atoms. The average Bonchev–Trinajstić information content (AvgIpc) is 2.63. The second kappa shape index (κ2) is 12.2. The van der Waals surface area contributed by atoms with E-state index >= 15 is 0 Å². The third kappa shape index (κ3) is 7.96. The standard InChI is InChI=1S/C21H27Cl2NO2/c1-2-3-11-25-12-5-10-24-15-18-14-20(23)8-9-21(18)26-16-17-6-4-7-19(22)13-17/h4,6-9,13-14,24H,2-3,5,10-12,15-16H2,1H3. The number of benzene rings is 2. The molecule has 0 saturated heterocycles. The Kier molecular flexibility index (Phi) is 9.86. The molecule has 0 radical (unpaired) electrons. The maximum absolute atomic E-state index is 6.15. The Morgan fingerprint density at radius 1 is 0.962 bits per heavy atom. The Bertz CT molecular complexity index is 664. The summed E-state index contributed by atoms with van der Waals surface area (Å²) in [5, 5.41) is 4.85. The molecule has 0 unspecified atom stereocenters. The minimum atomic E-state index is 0.473. The summed E-state index contributed by atoms with van der Waals surface area (Å²) in [4.78, 5) is 0. The van der Waals surface area contributed by atoms with Crippen LogP contribution in [0.1, 0.15) is 37.3 Å². The highest BCUT2D eigenvalue weighted by Crippen LogP contribution is 2.24. The van der Waals surface area contributed by atoms with Crippen LogP contribution in [0, 0.1) is 0 Å². The fourth-order valence-electron chi connectivity index (χ4n) is 2.49. The van der Waals surface area contributed by atoms with Crippen LogP contribution in [0.25, 0.3) is 0 Å². The summed E-state index contributed by atoms with van der Waals surface area (Å²) >= 11 is 12.2. The van der Waals surface area contributed by atoms with E-state index in [1.54, 1.807) is 0 Å². The number of halogens is 2. The van der Waals surface area contributed by atoms with Crippen LogP contribution < -0.4 is 10.1 Å². The van der Waals surface area contributed by atoms with Crippen LogP contribution in [-0.2, 0) is 17.9 Å². The fraction of sp³-hybridized carbons (Fsp3) is 0.429. The molecule has 3 nitrogen and oxygen atoms in total. The number of ether oxygens (including phenoxy) is 2. The van der Waals surface area contributed by atoms with E-state index in [9.17, 15) is 0 Å². The first-order chi connectivity index (χ1) is 12.7. The van der Waals surface area contributed by atoms with Gasteiger partial charge in [-0.3, -0.25) is 0 Å². The Morgan fingerprint density at radius 3 is 2.58 bits per heavy atom. The normalized spacial score (nSPS) is 10.9. The van der Waals surface area contributed by atoms with Gasteiger partial charge in [0.1, 0.15) is 12.4 Å². The van der Waals surface area contributed by atoms with E-state index in [4.69, 9.17) is 32.7 Å². The van der Waals surface area contributed by atoms with Crippen molar-refractivity contribution in [2.24, 2.45) is 0 Å². The van der Waals surface area contributed by atoms with Gasteiger partial charge in [0.25, 0.3) is 0 Å². The van der Waals surface area contributed by atoms with E-state index < -0.39 is 0 Å². The lowest BCUT2D eigenvalue weighted by Crippen LogP contribution is -2.17. The number of hydrogen-bond acceptors (Lipinski definition) is 3. The molecule has 2 aromatic rings. The summed E-state index contributed by atoms with van der Waals surface area (Å²) in [5.41, 5.74) is 2.09. The molecular weight excluding hydrogens is 369 g/mol. The van der Waals surface area contributed by atoms with Crippen LogP contribution in [0.3, 0.4) is 0 Å². The zero-order chi connectivity index (χ0) is 18.6. The van der Waals surface area contributed by atoms with Crippen molar-refractivity contribution < 1.29 is 9.47 Å². The highest BCUT2D eigenvalue weighted by Gasteiger charge is 2.06. The topological polar surface area (TPSA) is 30.5 Å². The SMILES string of the molecule is CCCCOCCCNCc1cc(Cl)ccc1OCc1cccc(Cl)c1. The summed E-state index contributed by atoms with van der Waals surface area (Å²) < 4.78 is 11.5. The number of unbranched alkanes of at least 4 members (excludes halogenated alkanes) is 1. The van der Waals surface area contributed by atoms with Crippen molar-refractivity contribution in [1.82, 2.24) is 5.32 Å². The van der Waals surface area contributed by atoms with Gasteiger partial charge >= 0.3 is 0 Å². The summed E-state index contributed by atoms with van der Waals surface area (Å²) in [6.07, 6.45) is 3.29. The third-order valence-corrected chi connectivity index (χ3v) is 4.38. The van der Waals surface area contributed by atoms with E-state index in [2.05, 4.69) is 12.2 Å². The molecule has 0 fully saturated rings. The molecular formula is C21H27Cl2NO2. The van der Waals surface area contributed by atoms with Gasteiger partial charge in [0.15, 0.2) is 0 Å². The Hall–Kier alpha value is -1.26. The summed E-state index contributed by atoms with van der Waals surface area (Å²) in [5.74, 6) is 0.834. The van der Waals surface area contributed by atoms with Gasteiger partial charge in [-0.05, 0) is 55.3 Å². The molecule has 0 aromatic heterocycles. The monoisotopic (exact) mass is 395 g/mol. The van der Waals surface area contributed by atoms with Gasteiger partial charge in [-0.2, -0.15) is 0 Å². The smallest absolute Gasteiger partial charge is 0.124 e. The Labute approximate surface area is 166 Å². The molecule has 5 heteroatoms. The second-order valence-electron chi connectivity index (χ2n) is 6.17. The molecule has 26 heavy (non-hydrogen) atoms. The maximum Gasteiger partial charge on any atom is 0.124 e. The van der Waals surface area contributed by atoms with Gasteiger partial charge in [-0.1, -0.05) is 48.7 Å². The van der Waals surface area contributed by atoms with Gasteiger partial charge in [-0.15, -0.1) is 0 Å². The van der Waals surface area contributed by atoms with E-state index in [0.717, 1.165) is 49.5 Å². The molecule has 1 N–H and O–H groups in total. The maximum atomic E-state index is 6.15. The molecule has 0 heterocycles. The van der Waals surface area contributed by atoms with Crippen LogP contribution >= 0.6 is 23.2 Å². The third-order valence-electron chi connectivity index (χ3n) is 3.91. The quantitative estimate of drug-likeness (QED) is 0.455. The molecule has 0 amide bonds. The van der Waals surface area contributed by atoms with Crippen LogP contribution in [-0.4, -0.2) is 19.8 Å². The molecule has 2 aromatic carbocycles. The molecule has 0 aliphatic carbocycles. The van der Waals surface area contributed by atoms with Crippen LogP contribution in [0.5, 0.6) is 5.75 Å². The Morgan fingerprint density at radius 2 is 1.77 bits per heavy atom. The Balaban J connectivity index is 1.79. The van der Waals surface area contributed by atoms with E-state index in [0.29, 0.717) is 23.2 Å². The van der Waals surface area contributed by atoms with Gasteiger partial charge in [0.05, 0.1) is 0 Å². The average molecular weight is 396 g/mol. The van der Waals surface area contributed by atoms with Crippen LogP contribution in [0.15, 0.2) is 42.5 Å². The molecule has 0 bridgehead atoms. The van der Waals surface area contributed by atoms with Gasteiger partial charge < -0.3 is 14.8 Å². The molecule has 0 saturated carbocycles. The van der Waals surface area contributed by atoms with Crippen molar-refractivity contribution in [2.75, 3.05) is 19.8 Å². The minimum Gasteiger partial charge on any atom is -0.489 e. The van der Waals surface area contributed by atoms with Crippen molar-refractivity contribution in [2.45, 2.75) is 39.3 Å². The zero-order valence-corrected chi connectivity index (χ0v) is 16.8. The van der Waals surface area contributed by atoms with Crippen molar-refractivity contribution in [1.29, 1.82) is 0 Å². The first kappa shape index (κ1) is 21.0. The highest BCUT2D eigenvalue weighted by molar-refractivity contribution is 6.30. The molecule has 0 aliphatic rings. The van der Waals surface area contributed by atoms with Crippen LogP contribution in [0.2, 0.25) is 10.0 Å². The fourth-order valence-corrected chi connectivity index (χ4v) is 2.89. The predicted molar refractivity (Wildman–Crippen MR) is 109 cm³/mol. The van der Waals surface area contributed by atoms with Crippen LogP contribution in [0.4, 0.5) is 0 Å². The lowest BCUT2D eigenvalue weighted by atomic mass is 10.2. The second-order valence-corrected chi connectivity index (χ2v) is 7.04. The van der Waals surface area contributed by atoms with E-state index in [-0.39, 0.29) is 0 Å². The summed E-state index contributed by atoms with van der Waals surface area (Å²) in [6.45, 7) is 5.89. The van der Waals surface area contributed by atoms with Crippen molar-refractivity contribution >= 4 is 23.2 Å². The molecule has 0 aliphatic heterocycles. The van der Waals surface area contributed by atoms with E-state index in [1.807, 2.05) is 42.5 Å². The highest BCUT2D eigenvalue weighted by atomic mass is 35.5. The predicted octanol–water partition coefficient (Wildman–Crippen LogP) is 5.87. The van der Waals surface area contributed by atoms with Crippen molar-refractivity contribution in [3.05, 3.63) is 63.6 Å². The number of nitrogens with one attached hydrogen (secondary N) is 1. The first-order valence-corrected chi connectivity index (χ1v) is 9.88. The zero-order valence-electron chi connectivity index (χ0n) is 15.3. The number of rotatable bonds is 12. The van der Waals surface area contributed by atoms with Gasteiger partial charge in [0, 0.05) is 35.4 Å². The lowest BCUT2D eigenvalue weighted by molar-refractivity contribution is 0.128. The minimum absolute atomic E-state index is 0.473.